The van der Waals surface area contributed by atoms with Gasteiger partial charge in [-0.1, -0.05) is 73.2 Å². The molecular weight excluding hydrogens is 268 g/mol. The van der Waals surface area contributed by atoms with Gasteiger partial charge in [-0.3, -0.25) is 4.79 Å². The van der Waals surface area contributed by atoms with E-state index in [4.69, 9.17) is 0 Å². The predicted octanol–water partition coefficient (Wildman–Crippen LogP) is 5.52. The molecular formula is C21H22O. The van der Waals surface area contributed by atoms with Crippen molar-refractivity contribution >= 4 is 11.9 Å². The quantitative estimate of drug-likeness (QED) is 0.725. The molecule has 1 saturated carbocycles. The number of carbonyl (C=O) groups excluding carboxylic acids is 1. The second-order valence-electron chi connectivity index (χ2n) is 6.04. The lowest BCUT2D eigenvalue weighted by molar-refractivity contribution is -0.124. The van der Waals surface area contributed by atoms with Gasteiger partial charge in [-0.05, 0) is 36.0 Å². The molecule has 0 saturated heterocycles. The fraction of sp³-hybridized carbons (Fsp3) is 0.286. The van der Waals surface area contributed by atoms with Crippen molar-refractivity contribution < 1.29 is 4.79 Å². The van der Waals surface area contributed by atoms with E-state index < -0.39 is 0 Å². The Balaban J connectivity index is 1.61. The van der Waals surface area contributed by atoms with Gasteiger partial charge in [0, 0.05) is 12.3 Å². The molecule has 1 heteroatoms. The highest BCUT2D eigenvalue weighted by Gasteiger charge is 2.20. The third-order valence-corrected chi connectivity index (χ3v) is 4.43. The summed E-state index contributed by atoms with van der Waals surface area (Å²) >= 11 is 0. The summed E-state index contributed by atoms with van der Waals surface area (Å²) < 4.78 is 0. The van der Waals surface area contributed by atoms with Gasteiger partial charge in [0.15, 0.2) is 0 Å². The van der Waals surface area contributed by atoms with Gasteiger partial charge in [-0.25, -0.2) is 0 Å². The van der Waals surface area contributed by atoms with E-state index in [9.17, 15) is 4.79 Å². The first-order valence-corrected chi connectivity index (χ1v) is 8.18. The molecule has 1 unspecified atom stereocenters. The summed E-state index contributed by atoms with van der Waals surface area (Å²) in [7, 11) is 0. The van der Waals surface area contributed by atoms with Gasteiger partial charge in [-0.2, -0.15) is 0 Å². The minimum atomic E-state index is 0.258. The summed E-state index contributed by atoms with van der Waals surface area (Å²) in [6, 6.07) is 19.0. The molecule has 1 fully saturated rings. The molecule has 3 rings (SSSR count). The molecule has 0 amide bonds. The van der Waals surface area contributed by atoms with E-state index >= 15 is 0 Å². The Hall–Kier alpha value is -2.15. The maximum Gasteiger partial charge on any atom is 0.136 e. The SMILES string of the molecule is O=C1CCCCC1C/C=C/c1ccc(-c2ccccc2)cc1. The summed E-state index contributed by atoms with van der Waals surface area (Å²) in [6.45, 7) is 0. The van der Waals surface area contributed by atoms with E-state index in [0.29, 0.717) is 5.78 Å². The Morgan fingerprint density at radius 2 is 1.64 bits per heavy atom. The van der Waals surface area contributed by atoms with Crippen LogP contribution in [-0.4, -0.2) is 5.78 Å². The second kappa shape index (κ2) is 7.22. The number of hydrogen-bond acceptors (Lipinski definition) is 1. The summed E-state index contributed by atoms with van der Waals surface area (Å²) in [5.41, 5.74) is 3.67. The van der Waals surface area contributed by atoms with Crippen LogP contribution in [0.4, 0.5) is 0 Å². The third kappa shape index (κ3) is 3.73. The Labute approximate surface area is 132 Å². The molecule has 1 atom stereocenters. The maximum atomic E-state index is 11.8. The molecule has 22 heavy (non-hydrogen) atoms. The lowest BCUT2D eigenvalue weighted by Gasteiger charge is -2.18. The van der Waals surface area contributed by atoms with Crippen LogP contribution in [-0.2, 0) is 4.79 Å². The normalized spacial score (nSPS) is 18.7. The number of carbonyl (C=O) groups is 1. The summed E-state index contributed by atoms with van der Waals surface area (Å²) in [5.74, 6) is 0.712. The Morgan fingerprint density at radius 1 is 0.909 bits per heavy atom. The second-order valence-corrected chi connectivity index (χ2v) is 6.04. The zero-order valence-electron chi connectivity index (χ0n) is 12.9. The summed E-state index contributed by atoms with van der Waals surface area (Å²) in [5, 5.41) is 0. The maximum absolute atomic E-state index is 11.8. The molecule has 2 aromatic carbocycles. The van der Waals surface area contributed by atoms with Crippen LogP contribution in [0.5, 0.6) is 0 Å². The molecule has 112 valence electrons. The van der Waals surface area contributed by atoms with Crippen molar-refractivity contribution in [3.63, 3.8) is 0 Å². The van der Waals surface area contributed by atoms with Crippen LogP contribution in [0.15, 0.2) is 60.7 Å². The number of rotatable bonds is 4. The average Bonchev–Trinajstić information content (AvgIpc) is 2.58. The smallest absolute Gasteiger partial charge is 0.136 e. The Bertz CT molecular complexity index is 637. The van der Waals surface area contributed by atoms with E-state index in [2.05, 4.69) is 60.7 Å². The molecule has 0 bridgehead atoms. The van der Waals surface area contributed by atoms with E-state index in [1.165, 1.54) is 23.1 Å². The number of ketones is 1. The number of Topliss-reactive ketones (excluding diaryl/α,β-unsaturated/α-hetero) is 1. The van der Waals surface area contributed by atoms with E-state index in [1.807, 2.05) is 6.07 Å². The van der Waals surface area contributed by atoms with Gasteiger partial charge in [0.2, 0.25) is 0 Å². The van der Waals surface area contributed by atoms with Crippen LogP contribution < -0.4 is 0 Å². The van der Waals surface area contributed by atoms with Crippen LogP contribution in [0, 0.1) is 5.92 Å². The van der Waals surface area contributed by atoms with Gasteiger partial charge < -0.3 is 0 Å². The molecule has 0 radical (unpaired) electrons. The van der Waals surface area contributed by atoms with Gasteiger partial charge in [0.1, 0.15) is 5.78 Å². The van der Waals surface area contributed by atoms with Crippen molar-refractivity contribution in [2.75, 3.05) is 0 Å². The van der Waals surface area contributed by atoms with E-state index in [0.717, 1.165) is 25.7 Å². The number of hydrogen-bond donors (Lipinski definition) is 0. The highest BCUT2D eigenvalue weighted by atomic mass is 16.1. The Morgan fingerprint density at radius 3 is 2.36 bits per heavy atom. The van der Waals surface area contributed by atoms with E-state index in [-0.39, 0.29) is 5.92 Å². The van der Waals surface area contributed by atoms with Gasteiger partial charge >= 0.3 is 0 Å². The van der Waals surface area contributed by atoms with Crippen molar-refractivity contribution in [1.29, 1.82) is 0 Å². The molecule has 0 N–H and O–H groups in total. The highest BCUT2D eigenvalue weighted by molar-refractivity contribution is 5.81. The number of benzene rings is 2. The monoisotopic (exact) mass is 290 g/mol. The molecule has 1 aliphatic rings. The summed E-state index contributed by atoms with van der Waals surface area (Å²) in [6.07, 6.45) is 9.32. The average molecular weight is 290 g/mol. The van der Waals surface area contributed by atoms with Crippen LogP contribution >= 0.6 is 0 Å². The molecule has 0 spiro atoms. The molecule has 0 heterocycles. The lowest BCUT2D eigenvalue weighted by atomic mass is 9.85. The minimum Gasteiger partial charge on any atom is -0.299 e. The topological polar surface area (TPSA) is 17.1 Å². The van der Waals surface area contributed by atoms with Crippen molar-refractivity contribution in [2.24, 2.45) is 5.92 Å². The predicted molar refractivity (Wildman–Crippen MR) is 92.5 cm³/mol. The fourth-order valence-corrected chi connectivity index (χ4v) is 3.09. The van der Waals surface area contributed by atoms with Crippen LogP contribution in [0.1, 0.15) is 37.7 Å². The first kappa shape index (κ1) is 14.8. The van der Waals surface area contributed by atoms with Gasteiger partial charge in [-0.15, -0.1) is 0 Å². The fourth-order valence-electron chi connectivity index (χ4n) is 3.09. The standard InChI is InChI=1S/C21H22O/c22-21-12-5-4-10-20(21)11-6-7-17-13-15-19(16-14-17)18-8-2-1-3-9-18/h1-3,6-9,13-16,20H,4-5,10-12H2/b7-6+. The number of allylic oxidation sites excluding steroid dienone is 1. The van der Waals surface area contributed by atoms with Crippen LogP contribution in [0.2, 0.25) is 0 Å². The highest BCUT2D eigenvalue weighted by Crippen LogP contribution is 2.24. The third-order valence-electron chi connectivity index (χ3n) is 4.43. The van der Waals surface area contributed by atoms with Gasteiger partial charge in [0.05, 0.1) is 0 Å². The van der Waals surface area contributed by atoms with Crippen LogP contribution in [0.3, 0.4) is 0 Å². The van der Waals surface area contributed by atoms with Gasteiger partial charge in [0.25, 0.3) is 0 Å². The van der Waals surface area contributed by atoms with E-state index in [1.54, 1.807) is 0 Å². The zero-order valence-corrected chi connectivity index (χ0v) is 12.9. The molecule has 0 aromatic heterocycles. The molecule has 1 nitrogen and oxygen atoms in total. The lowest BCUT2D eigenvalue weighted by Crippen LogP contribution is -2.17. The molecule has 0 aliphatic heterocycles. The zero-order chi connectivity index (χ0) is 15.2. The molecule has 2 aromatic rings. The molecule has 1 aliphatic carbocycles. The van der Waals surface area contributed by atoms with Crippen molar-refractivity contribution in [2.45, 2.75) is 32.1 Å². The first-order chi connectivity index (χ1) is 10.8. The first-order valence-electron chi connectivity index (χ1n) is 8.18. The Kier molecular flexibility index (Phi) is 4.85. The van der Waals surface area contributed by atoms with Crippen LogP contribution in [0.25, 0.3) is 17.2 Å². The van der Waals surface area contributed by atoms with Crippen molar-refractivity contribution in [1.82, 2.24) is 0 Å². The summed E-state index contributed by atoms with van der Waals surface area (Å²) in [4.78, 5) is 11.8. The van der Waals surface area contributed by atoms with Crippen molar-refractivity contribution in [3.8, 4) is 11.1 Å². The van der Waals surface area contributed by atoms with Crippen molar-refractivity contribution in [3.05, 3.63) is 66.2 Å². The minimum absolute atomic E-state index is 0.258. The largest absolute Gasteiger partial charge is 0.299 e.